The lowest BCUT2D eigenvalue weighted by molar-refractivity contribution is -0.122. The van der Waals surface area contributed by atoms with Gasteiger partial charge < -0.3 is 4.74 Å². The molecule has 0 saturated carbocycles. The van der Waals surface area contributed by atoms with Crippen LogP contribution in [0.5, 0.6) is 0 Å². The number of halogens is 1. The fourth-order valence-corrected chi connectivity index (χ4v) is 3.83. The topological polar surface area (TPSA) is 80.6 Å². The molecule has 2 amide bonds. The highest BCUT2D eigenvalue weighted by atomic mass is 35.5. The summed E-state index contributed by atoms with van der Waals surface area (Å²) in [6.45, 7) is 5.33. The van der Waals surface area contributed by atoms with Gasteiger partial charge in [-0.05, 0) is 69.4 Å². The fraction of sp³-hybridized carbons (Fsp3) is 0.167. The molecule has 9 heteroatoms. The number of carbonyl (C=O) groups excluding carboxylic acids is 3. The van der Waals surface area contributed by atoms with Crippen LogP contribution in [0.4, 0.5) is 10.5 Å². The quantitative estimate of drug-likeness (QED) is 0.319. The molecular formula is C24H20ClN3O4S. The third-order valence-corrected chi connectivity index (χ3v) is 5.36. The average Bonchev–Trinajstić information content (AvgIpc) is 3.10. The van der Waals surface area contributed by atoms with Gasteiger partial charge in [-0.1, -0.05) is 29.8 Å². The second-order valence-electron chi connectivity index (χ2n) is 8.39. The number of nitrogens with one attached hydrogen (secondary N) is 1. The smallest absolute Gasteiger partial charge is 0.419 e. The van der Waals surface area contributed by atoms with Gasteiger partial charge in [0.25, 0.3) is 11.8 Å². The van der Waals surface area contributed by atoms with Gasteiger partial charge in [-0.25, -0.2) is 4.79 Å². The lowest BCUT2D eigenvalue weighted by Gasteiger charge is -2.28. The molecule has 1 N–H and O–H groups in total. The Morgan fingerprint density at radius 2 is 1.76 bits per heavy atom. The first-order valence-electron chi connectivity index (χ1n) is 10.1. The van der Waals surface area contributed by atoms with Crippen LogP contribution in [0.25, 0.3) is 17.0 Å². The highest BCUT2D eigenvalue weighted by Crippen LogP contribution is 2.28. The summed E-state index contributed by atoms with van der Waals surface area (Å²) < 4.78 is 6.86. The number of hydrogen-bond donors (Lipinski definition) is 1. The van der Waals surface area contributed by atoms with E-state index in [9.17, 15) is 14.4 Å². The first-order valence-corrected chi connectivity index (χ1v) is 10.8. The highest BCUT2D eigenvalue weighted by molar-refractivity contribution is 7.80. The Bertz CT molecular complexity index is 1340. The summed E-state index contributed by atoms with van der Waals surface area (Å²) in [4.78, 5) is 39.9. The second kappa shape index (κ2) is 8.46. The van der Waals surface area contributed by atoms with Crippen molar-refractivity contribution in [2.75, 3.05) is 4.90 Å². The van der Waals surface area contributed by atoms with Crippen molar-refractivity contribution < 1.29 is 19.1 Å². The van der Waals surface area contributed by atoms with E-state index in [1.165, 1.54) is 15.5 Å². The van der Waals surface area contributed by atoms with E-state index < -0.39 is 23.5 Å². The van der Waals surface area contributed by atoms with Crippen LogP contribution in [0.2, 0.25) is 5.02 Å². The molecule has 1 aromatic heterocycles. The summed E-state index contributed by atoms with van der Waals surface area (Å²) in [6.07, 6.45) is 2.43. The number of aromatic nitrogens is 1. The monoisotopic (exact) mass is 481 g/mol. The van der Waals surface area contributed by atoms with Crippen molar-refractivity contribution in [1.29, 1.82) is 0 Å². The number of hydrogen-bond acceptors (Lipinski definition) is 5. The molecule has 1 aliphatic heterocycles. The molecule has 1 saturated heterocycles. The molecule has 0 atom stereocenters. The van der Waals surface area contributed by atoms with Gasteiger partial charge in [0.1, 0.15) is 11.2 Å². The van der Waals surface area contributed by atoms with Gasteiger partial charge in [-0.3, -0.25) is 24.4 Å². The van der Waals surface area contributed by atoms with Crippen molar-refractivity contribution in [1.82, 2.24) is 9.88 Å². The van der Waals surface area contributed by atoms with Gasteiger partial charge in [0.05, 0.1) is 11.2 Å². The van der Waals surface area contributed by atoms with Crippen molar-refractivity contribution in [3.05, 3.63) is 70.9 Å². The number of anilines is 1. The molecule has 1 fully saturated rings. The predicted molar refractivity (Wildman–Crippen MR) is 131 cm³/mol. The van der Waals surface area contributed by atoms with E-state index in [1.807, 2.05) is 6.07 Å². The zero-order valence-electron chi connectivity index (χ0n) is 18.1. The Kier molecular flexibility index (Phi) is 5.82. The normalized spacial score (nSPS) is 15.8. The minimum Gasteiger partial charge on any atom is -0.443 e. The molecule has 2 heterocycles. The van der Waals surface area contributed by atoms with E-state index >= 15 is 0 Å². The van der Waals surface area contributed by atoms with Crippen molar-refractivity contribution >= 4 is 69.5 Å². The van der Waals surface area contributed by atoms with Gasteiger partial charge >= 0.3 is 6.09 Å². The van der Waals surface area contributed by atoms with Gasteiger partial charge in [-0.15, -0.1) is 0 Å². The molecule has 168 valence electrons. The standard InChI is InChI=1S/C24H20ClN3O4S/c1-24(2,3)32-23(31)27-13-14(17-6-4-5-7-19(17)27)12-18-20(29)26-22(33)28(21(18)30)16-10-8-15(25)9-11-16/h4-13H,1-3H3,(H,26,29,33). The number of fused-ring (bicyclic) bond motifs is 1. The number of benzene rings is 2. The molecule has 1 aliphatic rings. The highest BCUT2D eigenvalue weighted by Gasteiger charge is 2.34. The Hall–Kier alpha value is -3.49. The van der Waals surface area contributed by atoms with Crippen LogP contribution in [0.1, 0.15) is 26.3 Å². The van der Waals surface area contributed by atoms with Crippen LogP contribution in [-0.4, -0.2) is 33.2 Å². The summed E-state index contributed by atoms with van der Waals surface area (Å²) in [7, 11) is 0. The summed E-state index contributed by atoms with van der Waals surface area (Å²) >= 11 is 11.2. The lowest BCUT2D eigenvalue weighted by atomic mass is 10.1. The first kappa shape index (κ1) is 22.7. The van der Waals surface area contributed by atoms with E-state index in [1.54, 1.807) is 69.4 Å². The molecule has 0 aliphatic carbocycles. The number of nitrogens with zero attached hydrogens (tertiary/aromatic N) is 2. The van der Waals surface area contributed by atoms with E-state index in [2.05, 4.69) is 5.32 Å². The molecule has 0 bridgehead atoms. The summed E-state index contributed by atoms with van der Waals surface area (Å²) in [5.74, 6) is -1.20. The minimum absolute atomic E-state index is 0.0272. The largest absolute Gasteiger partial charge is 0.443 e. The van der Waals surface area contributed by atoms with Crippen molar-refractivity contribution in [2.45, 2.75) is 26.4 Å². The molecule has 33 heavy (non-hydrogen) atoms. The molecule has 3 aromatic rings. The Labute approximate surface area is 200 Å². The van der Waals surface area contributed by atoms with Crippen molar-refractivity contribution in [2.24, 2.45) is 0 Å². The molecule has 7 nitrogen and oxygen atoms in total. The molecule has 0 spiro atoms. The maximum Gasteiger partial charge on any atom is 0.419 e. The molecule has 2 aromatic carbocycles. The maximum atomic E-state index is 13.3. The van der Waals surface area contributed by atoms with Crippen LogP contribution in [0.15, 0.2) is 60.3 Å². The first-order chi connectivity index (χ1) is 15.5. The third-order valence-electron chi connectivity index (χ3n) is 4.82. The second-order valence-corrected chi connectivity index (χ2v) is 9.21. The van der Waals surface area contributed by atoms with Gasteiger partial charge in [0, 0.05) is 22.2 Å². The summed E-state index contributed by atoms with van der Waals surface area (Å²) in [5, 5.41) is 3.71. The van der Waals surface area contributed by atoms with Gasteiger partial charge in [0.2, 0.25) is 0 Å². The number of carbonyl (C=O) groups is 3. The zero-order chi connectivity index (χ0) is 23.9. The molecule has 4 rings (SSSR count). The maximum absolute atomic E-state index is 13.3. The Morgan fingerprint density at radius 3 is 2.42 bits per heavy atom. The number of amides is 2. The van der Waals surface area contributed by atoms with E-state index in [0.29, 0.717) is 27.2 Å². The lowest BCUT2D eigenvalue weighted by Crippen LogP contribution is -2.54. The summed E-state index contributed by atoms with van der Waals surface area (Å²) in [5.41, 5.74) is 0.767. The minimum atomic E-state index is -0.685. The van der Waals surface area contributed by atoms with E-state index in [0.717, 1.165) is 0 Å². The third kappa shape index (κ3) is 4.53. The van der Waals surface area contributed by atoms with E-state index in [4.69, 9.17) is 28.6 Å². The van der Waals surface area contributed by atoms with Crippen LogP contribution in [-0.2, 0) is 14.3 Å². The molecular weight excluding hydrogens is 462 g/mol. The van der Waals surface area contributed by atoms with Crippen LogP contribution in [0.3, 0.4) is 0 Å². The Morgan fingerprint density at radius 1 is 1.09 bits per heavy atom. The summed E-state index contributed by atoms with van der Waals surface area (Å²) in [6, 6.07) is 13.7. The average molecular weight is 482 g/mol. The number of ether oxygens (including phenoxy) is 1. The van der Waals surface area contributed by atoms with Crippen molar-refractivity contribution in [3.63, 3.8) is 0 Å². The molecule has 0 radical (unpaired) electrons. The number of thiocarbonyl (C=S) groups is 1. The van der Waals surface area contributed by atoms with Gasteiger partial charge in [-0.2, -0.15) is 0 Å². The van der Waals surface area contributed by atoms with Crippen molar-refractivity contribution in [3.8, 4) is 0 Å². The van der Waals surface area contributed by atoms with Gasteiger partial charge in [0.15, 0.2) is 5.11 Å². The van der Waals surface area contributed by atoms with E-state index in [-0.39, 0.29) is 10.7 Å². The predicted octanol–water partition coefficient (Wildman–Crippen LogP) is 4.91. The molecule has 0 unspecified atom stereocenters. The van der Waals surface area contributed by atoms with Crippen LogP contribution in [0, 0.1) is 0 Å². The zero-order valence-corrected chi connectivity index (χ0v) is 19.7. The Balaban J connectivity index is 1.79. The SMILES string of the molecule is CC(C)(C)OC(=O)n1cc(C=C2C(=O)NC(=S)N(c3ccc(Cl)cc3)C2=O)c2ccccc21. The fourth-order valence-electron chi connectivity index (χ4n) is 3.42. The van der Waals surface area contributed by atoms with Crippen LogP contribution >= 0.6 is 23.8 Å². The number of rotatable bonds is 2. The van der Waals surface area contributed by atoms with Crippen LogP contribution < -0.4 is 10.2 Å². The number of para-hydroxylation sites is 1.